The number of unbranched alkanes of at least 4 members (excludes halogenated alkanes) is 1. The van der Waals surface area contributed by atoms with E-state index in [4.69, 9.17) is 11.6 Å². The van der Waals surface area contributed by atoms with Gasteiger partial charge in [-0.3, -0.25) is 9.69 Å². The van der Waals surface area contributed by atoms with Crippen LogP contribution >= 0.6 is 11.6 Å². The fraction of sp³-hybridized carbons (Fsp3) is 0.333. The highest BCUT2D eigenvalue weighted by Crippen LogP contribution is 2.26. The predicted octanol–water partition coefficient (Wildman–Crippen LogP) is 4.22. The zero-order valence-corrected chi connectivity index (χ0v) is 17.8. The van der Waals surface area contributed by atoms with Gasteiger partial charge in [-0.15, -0.1) is 0 Å². The van der Waals surface area contributed by atoms with Crippen LogP contribution in [0.25, 0.3) is 10.9 Å². The van der Waals surface area contributed by atoms with Gasteiger partial charge in [0, 0.05) is 38.1 Å². The van der Waals surface area contributed by atoms with Crippen LogP contribution in [0.4, 0.5) is 5.69 Å². The van der Waals surface area contributed by atoms with Crippen molar-refractivity contribution < 1.29 is 4.79 Å². The second-order valence-corrected chi connectivity index (χ2v) is 8.04. The SMILES string of the molecule is O=C(NCCCCN1CCN(c2ccccc2Cl)CC1)c1ccc2ccccc2n1. The van der Waals surface area contributed by atoms with Crippen LogP contribution in [-0.4, -0.2) is 55.1 Å². The van der Waals surface area contributed by atoms with Crippen molar-refractivity contribution in [3.63, 3.8) is 0 Å². The number of hydrogen-bond acceptors (Lipinski definition) is 4. The minimum atomic E-state index is -0.103. The third-order valence-corrected chi connectivity index (χ3v) is 5.90. The lowest BCUT2D eigenvalue weighted by atomic mass is 10.2. The van der Waals surface area contributed by atoms with Crippen LogP contribution in [0.5, 0.6) is 0 Å². The number of anilines is 1. The molecule has 0 unspecified atom stereocenters. The Kier molecular flexibility index (Phi) is 6.82. The molecule has 1 aliphatic rings. The minimum Gasteiger partial charge on any atom is -0.368 e. The number of carbonyl (C=O) groups excluding carboxylic acids is 1. The van der Waals surface area contributed by atoms with Crippen molar-refractivity contribution in [3.8, 4) is 0 Å². The highest BCUT2D eigenvalue weighted by atomic mass is 35.5. The van der Waals surface area contributed by atoms with E-state index in [9.17, 15) is 4.79 Å². The topological polar surface area (TPSA) is 48.5 Å². The van der Waals surface area contributed by atoms with E-state index in [1.165, 1.54) is 0 Å². The Morgan fingerprint density at radius 1 is 0.933 bits per heavy atom. The molecule has 1 aromatic heterocycles. The molecular weight excluding hydrogens is 396 g/mol. The molecule has 1 N–H and O–H groups in total. The van der Waals surface area contributed by atoms with E-state index in [2.05, 4.69) is 26.2 Å². The van der Waals surface area contributed by atoms with Crippen LogP contribution in [0, 0.1) is 0 Å². The third-order valence-electron chi connectivity index (χ3n) is 5.58. The Hall–Kier alpha value is -2.63. The van der Waals surface area contributed by atoms with Crippen molar-refractivity contribution in [2.75, 3.05) is 44.2 Å². The molecule has 1 amide bonds. The van der Waals surface area contributed by atoms with E-state index < -0.39 is 0 Å². The molecule has 1 aliphatic heterocycles. The van der Waals surface area contributed by atoms with Gasteiger partial charge in [-0.2, -0.15) is 0 Å². The predicted molar refractivity (Wildman–Crippen MR) is 123 cm³/mol. The normalized spacial score (nSPS) is 14.8. The molecule has 4 rings (SSSR count). The summed E-state index contributed by atoms with van der Waals surface area (Å²) in [5, 5.41) is 4.86. The third kappa shape index (κ3) is 5.10. The molecule has 6 heteroatoms. The summed E-state index contributed by atoms with van der Waals surface area (Å²) in [5.41, 5.74) is 2.45. The number of para-hydroxylation sites is 2. The van der Waals surface area contributed by atoms with Gasteiger partial charge in [0.1, 0.15) is 5.69 Å². The molecule has 0 aliphatic carbocycles. The molecule has 1 saturated heterocycles. The van der Waals surface area contributed by atoms with E-state index in [1.807, 2.05) is 48.5 Å². The number of pyridine rings is 1. The highest BCUT2D eigenvalue weighted by Gasteiger charge is 2.18. The van der Waals surface area contributed by atoms with Crippen molar-refractivity contribution in [1.82, 2.24) is 15.2 Å². The molecule has 0 bridgehead atoms. The Labute approximate surface area is 182 Å². The number of halogens is 1. The van der Waals surface area contributed by atoms with E-state index in [0.29, 0.717) is 12.2 Å². The van der Waals surface area contributed by atoms with Gasteiger partial charge < -0.3 is 10.2 Å². The Bertz CT molecular complexity index is 1000. The maximum atomic E-state index is 12.4. The summed E-state index contributed by atoms with van der Waals surface area (Å²) in [6, 6.07) is 19.6. The lowest BCUT2D eigenvalue weighted by Gasteiger charge is -2.36. The first-order valence-corrected chi connectivity index (χ1v) is 10.9. The zero-order valence-electron chi connectivity index (χ0n) is 17.1. The van der Waals surface area contributed by atoms with E-state index in [-0.39, 0.29) is 5.91 Å². The number of rotatable bonds is 7. The van der Waals surface area contributed by atoms with Crippen molar-refractivity contribution in [3.05, 3.63) is 71.4 Å². The number of piperazine rings is 1. The van der Waals surface area contributed by atoms with Crippen LogP contribution in [0.1, 0.15) is 23.3 Å². The Morgan fingerprint density at radius 2 is 1.70 bits per heavy atom. The van der Waals surface area contributed by atoms with Gasteiger partial charge in [0.05, 0.1) is 16.2 Å². The van der Waals surface area contributed by atoms with Crippen LogP contribution in [0.2, 0.25) is 5.02 Å². The number of fused-ring (bicyclic) bond motifs is 1. The zero-order chi connectivity index (χ0) is 20.8. The smallest absolute Gasteiger partial charge is 0.269 e. The maximum Gasteiger partial charge on any atom is 0.269 e. The van der Waals surface area contributed by atoms with Crippen molar-refractivity contribution >= 4 is 34.1 Å². The van der Waals surface area contributed by atoms with E-state index in [1.54, 1.807) is 6.07 Å². The summed E-state index contributed by atoms with van der Waals surface area (Å²) in [4.78, 5) is 21.6. The number of nitrogens with one attached hydrogen (secondary N) is 1. The standard InChI is InChI=1S/C24H27ClN4O/c25-20-8-2-4-10-23(20)29-17-15-28(16-18-29)14-6-5-13-26-24(30)22-12-11-19-7-1-3-9-21(19)27-22/h1-4,7-12H,5-6,13-18H2,(H,26,30). The van der Waals surface area contributed by atoms with Crippen molar-refractivity contribution in [1.29, 1.82) is 0 Å². The average molecular weight is 423 g/mol. The van der Waals surface area contributed by atoms with Crippen LogP contribution < -0.4 is 10.2 Å². The molecular formula is C24H27ClN4O. The molecule has 0 saturated carbocycles. The number of hydrogen-bond donors (Lipinski definition) is 1. The summed E-state index contributed by atoms with van der Waals surface area (Å²) >= 11 is 6.32. The molecule has 30 heavy (non-hydrogen) atoms. The second kappa shape index (κ2) is 9.92. The molecule has 3 aromatic rings. The first kappa shape index (κ1) is 20.6. The molecule has 1 fully saturated rings. The fourth-order valence-corrected chi connectivity index (χ4v) is 4.12. The summed E-state index contributed by atoms with van der Waals surface area (Å²) in [5.74, 6) is -0.103. The van der Waals surface area contributed by atoms with Crippen LogP contribution in [0.15, 0.2) is 60.7 Å². The fourth-order valence-electron chi connectivity index (χ4n) is 3.87. The summed E-state index contributed by atoms with van der Waals surface area (Å²) in [6.07, 6.45) is 2.03. The van der Waals surface area contributed by atoms with Crippen molar-refractivity contribution in [2.45, 2.75) is 12.8 Å². The molecule has 0 radical (unpaired) electrons. The lowest BCUT2D eigenvalue weighted by Crippen LogP contribution is -2.46. The number of carbonyl (C=O) groups is 1. The van der Waals surface area contributed by atoms with Gasteiger partial charge in [0.25, 0.3) is 5.91 Å². The first-order valence-electron chi connectivity index (χ1n) is 10.6. The van der Waals surface area contributed by atoms with Crippen molar-refractivity contribution in [2.24, 2.45) is 0 Å². The van der Waals surface area contributed by atoms with E-state index in [0.717, 1.165) is 67.2 Å². The minimum absolute atomic E-state index is 0.103. The second-order valence-electron chi connectivity index (χ2n) is 7.63. The van der Waals surface area contributed by atoms with Gasteiger partial charge in [-0.1, -0.05) is 48.0 Å². The molecule has 0 atom stereocenters. The average Bonchev–Trinajstić information content (AvgIpc) is 2.79. The van der Waals surface area contributed by atoms with Crippen LogP contribution in [-0.2, 0) is 0 Å². The summed E-state index contributed by atoms with van der Waals surface area (Å²) in [7, 11) is 0. The van der Waals surface area contributed by atoms with Gasteiger partial charge in [0.2, 0.25) is 0 Å². The molecule has 2 heterocycles. The van der Waals surface area contributed by atoms with Gasteiger partial charge >= 0.3 is 0 Å². The van der Waals surface area contributed by atoms with Gasteiger partial charge in [0.15, 0.2) is 0 Å². The maximum absolute atomic E-state index is 12.4. The molecule has 156 valence electrons. The Morgan fingerprint density at radius 3 is 2.53 bits per heavy atom. The van der Waals surface area contributed by atoms with Crippen LogP contribution in [0.3, 0.4) is 0 Å². The summed E-state index contributed by atoms with van der Waals surface area (Å²) in [6.45, 7) is 5.80. The lowest BCUT2D eigenvalue weighted by molar-refractivity contribution is 0.0948. The monoisotopic (exact) mass is 422 g/mol. The molecule has 5 nitrogen and oxygen atoms in total. The quantitative estimate of drug-likeness (QED) is 0.579. The van der Waals surface area contributed by atoms with Gasteiger partial charge in [-0.05, 0) is 43.7 Å². The van der Waals surface area contributed by atoms with Gasteiger partial charge in [-0.25, -0.2) is 4.98 Å². The number of benzene rings is 2. The first-order chi connectivity index (χ1) is 14.7. The largest absolute Gasteiger partial charge is 0.368 e. The summed E-state index contributed by atoms with van der Waals surface area (Å²) < 4.78 is 0. The molecule has 2 aromatic carbocycles. The van der Waals surface area contributed by atoms with E-state index >= 15 is 0 Å². The number of amides is 1. The molecule has 0 spiro atoms. The highest BCUT2D eigenvalue weighted by molar-refractivity contribution is 6.33. The number of nitrogens with zero attached hydrogens (tertiary/aromatic N) is 3. The Balaban J connectivity index is 1.15. The number of aromatic nitrogens is 1.